The number of nitrogens with one attached hydrogen (secondary N) is 2. The fraction of sp³-hybridized carbons (Fsp3) is 0.615. The number of amides is 3. The van der Waals surface area contributed by atoms with Gasteiger partial charge in [-0.15, -0.1) is 0 Å². The summed E-state index contributed by atoms with van der Waals surface area (Å²) in [4.78, 5) is 56.2. The third-order valence-electron chi connectivity index (χ3n) is 3.12. The molecular formula is C13H22N4O7S. The minimum atomic E-state index is -1.42. The summed E-state index contributed by atoms with van der Waals surface area (Å²) in [7, 11) is 0. The van der Waals surface area contributed by atoms with Gasteiger partial charge >= 0.3 is 11.9 Å². The number of carbonyl (C=O) groups is 5. The number of carbonyl (C=O) groups excluding carboxylic acids is 3. The normalized spacial score (nSPS) is 14.0. The summed E-state index contributed by atoms with van der Waals surface area (Å²) in [6.45, 7) is 0. The Morgan fingerprint density at radius 3 is 1.92 bits per heavy atom. The summed E-state index contributed by atoms with van der Waals surface area (Å²) in [5.74, 6) is -4.96. The molecule has 0 aromatic heterocycles. The molecule has 0 saturated carbocycles. The van der Waals surface area contributed by atoms with Gasteiger partial charge in [-0.05, 0) is 12.8 Å². The standard InChI is InChI=1S/C13H22N4O7S/c14-6(1-3-9(15)18)11(21)17-8(5-25)12(22)16-7(13(23)24)2-4-10(19)20/h6-8,25H,1-5,14H2,(H2,15,18)(H,16,22)(H,17,21)(H,19,20)(H,23,24). The van der Waals surface area contributed by atoms with Crippen LogP contribution in [-0.2, 0) is 24.0 Å². The van der Waals surface area contributed by atoms with E-state index in [4.69, 9.17) is 21.7 Å². The molecule has 142 valence electrons. The van der Waals surface area contributed by atoms with E-state index in [0.29, 0.717) is 0 Å². The molecule has 3 unspecified atom stereocenters. The van der Waals surface area contributed by atoms with Gasteiger partial charge in [-0.2, -0.15) is 12.6 Å². The molecule has 0 spiro atoms. The number of thiol groups is 1. The molecule has 0 aromatic carbocycles. The van der Waals surface area contributed by atoms with Gasteiger partial charge in [0.05, 0.1) is 6.04 Å². The van der Waals surface area contributed by atoms with Gasteiger partial charge in [-0.1, -0.05) is 0 Å². The number of carboxylic acid groups (broad SMARTS) is 2. The molecule has 8 N–H and O–H groups in total. The minimum absolute atomic E-state index is 0.0154. The Hall–Kier alpha value is -2.34. The molecule has 0 aliphatic rings. The van der Waals surface area contributed by atoms with Crippen LogP contribution in [0.15, 0.2) is 0 Å². The highest BCUT2D eigenvalue weighted by atomic mass is 32.1. The van der Waals surface area contributed by atoms with Crippen molar-refractivity contribution < 1.29 is 34.2 Å². The predicted octanol–water partition coefficient (Wildman–Crippen LogP) is -2.57. The second-order valence-corrected chi connectivity index (χ2v) is 5.55. The zero-order chi connectivity index (χ0) is 19.6. The lowest BCUT2D eigenvalue weighted by molar-refractivity contribution is -0.143. The van der Waals surface area contributed by atoms with E-state index >= 15 is 0 Å². The molecule has 0 aliphatic carbocycles. The van der Waals surface area contributed by atoms with Crippen LogP contribution in [0.2, 0.25) is 0 Å². The average molecular weight is 378 g/mol. The molecule has 0 aromatic rings. The maximum absolute atomic E-state index is 12.1. The van der Waals surface area contributed by atoms with Gasteiger partial charge in [-0.3, -0.25) is 19.2 Å². The van der Waals surface area contributed by atoms with Crippen LogP contribution in [0.3, 0.4) is 0 Å². The van der Waals surface area contributed by atoms with Gasteiger partial charge in [0.15, 0.2) is 0 Å². The Morgan fingerprint density at radius 1 is 0.920 bits per heavy atom. The second kappa shape index (κ2) is 11.3. The van der Waals surface area contributed by atoms with Crippen LogP contribution in [-0.4, -0.2) is 63.8 Å². The largest absolute Gasteiger partial charge is 0.481 e. The van der Waals surface area contributed by atoms with Crippen molar-refractivity contribution in [3.63, 3.8) is 0 Å². The van der Waals surface area contributed by atoms with Gasteiger partial charge in [0.2, 0.25) is 17.7 Å². The maximum atomic E-state index is 12.1. The summed E-state index contributed by atoms with van der Waals surface area (Å²) in [6.07, 6.45) is -0.893. The Morgan fingerprint density at radius 2 is 1.48 bits per heavy atom. The summed E-state index contributed by atoms with van der Waals surface area (Å²) in [6, 6.07) is -3.68. The first-order valence-corrected chi connectivity index (χ1v) is 7.91. The summed E-state index contributed by atoms with van der Waals surface area (Å²) in [5, 5.41) is 22.0. The number of carboxylic acids is 2. The van der Waals surface area contributed by atoms with Crippen LogP contribution in [0.1, 0.15) is 25.7 Å². The number of nitrogens with two attached hydrogens (primary N) is 2. The van der Waals surface area contributed by atoms with Crippen molar-refractivity contribution in [3.05, 3.63) is 0 Å². The summed E-state index contributed by atoms with van der Waals surface area (Å²) < 4.78 is 0. The van der Waals surface area contributed by atoms with Gasteiger partial charge in [0, 0.05) is 18.6 Å². The third kappa shape index (κ3) is 9.52. The first-order chi connectivity index (χ1) is 11.6. The van der Waals surface area contributed by atoms with Crippen LogP contribution in [0, 0.1) is 0 Å². The number of aliphatic carboxylic acids is 2. The number of hydrogen-bond acceptors (Lipinski definition) is 7. The lowest BCUT2D eigenvalue weighted by Gasteiger charge is -2.21. The van der Waals surface area contributed by atoms with E-state index in [0.717, 1.165) is 0 Å². The van der Waals surface area contributed by atoms with Gasteiger partial charge in [-0.25, -0.2) is 4.79 Å². The predicted molar refractivity (Wildman–Crippen MR) is 88.6 cm³/mol. The highest BCUT2D eigenvalue weighted by molar-refractivity contribution is 7.80. The Labute approximate surface area is 148 Å². The summed E-state index contributed by atoms with van der Waals surface area (Å²) >= 11 is 3.91. The molecule has 3 atom stereocenters. The number of rotatable bonds is 12. The molecule has 0 heterocycles. The lowest BCUT2D eigenvalue weighted by atomic mass is 10.1. The van der Waals surface area contributed by atoms with Crippen LogP contribution < -0.4 is 22.1 Å². The van der Waals surface area contributed by atoms with Crippen LogP contribution in [0.4, 0.5) is 0 Å². The van der Waals surface area contributed by atoms with Crippen molar-refractivity contribution in [1.29, 1.82) is 0 Å². The van der Waals surface area contributed by atoms with Crippen molar-refractivity contribution in [2.75, 3.05) is 5.75 Å². The third-order valence-corrected chi connectivity index (χ3v) is 3.48. The fourth-order valence-corrected chi connectivity index (χ4v) is 1.96. The van der Waals surface area contributed by atoms with Crippen LogP contribution >= 0.6 is 12.6 Å². The average Bonchev–Trinajstić information content (AvgIpc) is 2.52. The fourth-order valence-electron chi connectivity index (χ4n) is 1.70. The molecule has 0 radical (unpaired) electrons. The first kappa shape index (κ1) is 22.7. The minimum Gasteiger partial charge on any atom is -0.481 e. The van der Waals surface area contributed by atoms with E-state index in [1.54, 1.807) is 0 Å². The molecule has 0 saturated heterocycles. The lowest BCUT2D eigenvalue weighted by Crippen LogP contribution is -2.55. The molecule has 0 rings (SSSR count). The highest BCUT2D eigenvalue weighted by Gasteiger charge is 2.27. The molecule has 25 heavy (non-hydrogen) atoms. The van der Waals surface area contributed by atoms with Crippen molar-refractivity contribution >= 4 is 42.3 Å². The molecule has 0 bridgehead atoms. The summed E-state index contributed by atoms with van der Waals surface area (Å²) in [5.41, 5.74) is 10.5. The van der Waals surface area contributed by atoms with Crippen LogP contribution in [0.5, 0.6) is 0 Å². The Kier molecular flexibility index (Phi) is 10.2. The molecule has 0 aliphatic heterocycles. The molecule has 12 heteroatoms. The quantitative estimate of drug-likeness (QED) is 0.179. The zero-order valence-corrected chi connectivity index (χ0v) is 14.2. The maximum Gasteiger partial charge on any atom is 0.326 e. The van der Waals surface area contributed by atoms with E-state index in [2.05, 4.69) is 23.3 Å². The van der Waals surface area contributed by atoms with Crippen molar-refractivity contribution in [2.24, 2.45) is 11.5 Å². The van der Waals surface area contributed by atoms with E-state index in [-0.39, 0.29) is 25.0 Å². The van der Waals surface area contributed by atoms with E-state index in [1.807, 2.05) is 0 Å². The van der Waals surface area contributed by atoms with Crippen LogP contribution in [0.25, 0.3) is 0 Å². The Bertz CT molecular complexity index is 529. The molecule has 0 fully saturated rings. The highest BCUT2D eigenvalue weighted by Crippen LogP contribution is 2.01. The molecular weight excluding hydrogens is 356 g/mol. The van der Waals surface area contributed by atoms with Crippen molar-refractivity contribution in [3.8, 4) is 0 Å². The zero-order valence-electron chi connectivity index (χ0n) is 13.3. The first-order valence-electron chi connectivity index (χ1n) is 7.28. The topological polar surface area (TPSA) is 202 Å². The van der Waals surface area contributed by atoms with Crippen molar-refractivity contribution in [2.45, 2.75) is 43.8 Å². The van der Waals surface area contributed by atoms with Gasteiger partial charge in [0.1, 0.15) is 12.1 Å². The molecule has 3 amide bonds. The Balaban J connectivity index is 4.71. The van der Waals surface area contributed by atoms with E-state index in [9.17, 15) is 24.0 Å². The number of primary amides is 1. The molecule has 11 nitrogen and oxygen atoms in total. The monoisotopic (exact) mass is 378 g/mol. The van der Waals surface area contributed by atoms with Gasteiger partial charge < -0.3 is 32.3 Å². The number of hydrogen-bond donors (Lipinski definition) is 7. The van der Waals surface area contributed by atoms with E-state index < -0.39 is 54.2 Å². The smallest absolute Gasteiger partial charge is 0.326 e. The van der Waals surface area contributed by atoms with E-state index in [1.165, 1.54) is 0 Å². The second-order valence-electron chi connectivity index (χ2n) is 5.19. The van der Waals surface area contributed by atoms with Crippen molar-refractivity contribution in [1.82, 2.24) is 10.6 Å². The van der Waals surface area contributed by atoms with Gasteiger partial charge in [0.25, 0.3) is 0 Å². The SMILES string of the molecule is NC(=O)CCC(N)C(=O)NC(CS)C(=O)NC(CCC(=O)O)C(=O)O.